The summed E-state index contributed by atoms with van der Waals surface area (Å²) in [5.41, 5.74) is 6.39. The average Bonchev–Trinajstić information content (AvgIpc) is 3.11. The molecule has 1 aromatic carbocycles. The van der Waals surface area contributed by atoms with Crippen LogP contribution in [0.4, 0.5) is 10.5 Å². The van der Waals surface area contributed by atoms with Gasteiger partial charge in [-0.15, -0.1) is 11.8 Å². The predicted octanol–water partition coefficient (Wildman–Crippen LogP) is 1.35. The van der Waals surface area contributed by atoms with E-state index < -0.39 is 6.03 Å². The summed E-state index contributed by atoms with van der Waals surface area (Å²) in [6.45, 7) is 0. The van der Waals surface area contributed by atoms with Gasteiger partial charge in [-0.25, -0.2) is 4.79 Å². The normalized spacial score (nSPS) is 14.0. The topological polar surface area (TPSA) is 84.2 Å². The predicted molar refractivity (Wildman–Crippen MR) is 71.3 cm³/mol. The van der Waals surface area contributed by atoms with E-state index in [-0.39, 0.29) is 17.7 Å². The molecule has 18 heavy (non-hydrogen) atoms. The summed E-state index contributed by atoms with van der Waals surface area (Å²) in [6.07, 6.45) is 1.99. The molecule has 3 amide bonds. The number of benzene rings is 1. The lowest BCUT2D eigenvalue weighted by Crippen LogP contribution is -2.41. The molecule has 0 unspecified atom stereocenters. The number of amides is 3. The maximum absolute atomic E-state index is 11.5. The number of nitrogen functional groups attached to an aromatic ring is 1. The van der Waals surface area contributed by atoms with E-state index in [1.807, 2.05) is 18.2 Å². The van der Waals surface area contributed by atoms with Crippen LogP contribution in [0.1, 0.15) is 12.8 Å². The van der Waals surface area contributed by atoms with Crippen molar-refractivity contribution in [2.75, 3.05) is 11.5 Å². The van der Waals surface area contributed by atoms with Crippen LogP contribution in [0.25, 0.3) is 0 Å². The van der Waals surface area contributed by atoms with Gasteiger partial charge in [0.1, 0.15) is 0 Å². The highest BCUT2D eigenvalue weighted by Crippen LogP contribution is 2.23. The number of nitrogens with one attached hydrogen (secondary N) is 2. The van der Waals surface area contributed by atoms with Gasteiger partial charge in [0, 0.05) is 16.6 Å². The van der Waals surface area contributed by atoms with Crippen molar-refractivity contribution in [1.82, 2.24) is 10.6 Å². The number of anilines is 1. The SMILES string of the molecule is Nc1ccccc1SCC(=O)NC(=O)NC1CC1. The molecule has 1 aliphatic rings. The number of rotatable bonds is 4. The summed E-state index contributed by atoms with van der Waals surface area (Å²) in [4.78, 5) is 23.7. The van der Waals surface area contributed by atoms with Gasteiger partial charge in [-0.3, -0.25) is 10.1 Å². The van der Waals surface area contributed by atoms with Crippen molar-refractivity contribution < 1.29 is 9.59 Å². The molecule has 1 saturated carbocycles. The lowest BCUT2D eigenvalue weighted by atomic mass is 10.3. The van der Waals surface area contributed by atoms with Crippen molar-refractivity contribution in [2.45, 2.75) is 23.8 Å². The Morgan fingerprint density at radius 2 is 2.06 bits per heavy atom. The highest BCUT2D eigenvalue weighted by atomic mass is 32.2. The van der Waals surface area contributed by atoms with Gasteiger partial charge in [-0.05, 0) is 25.0 Å². The first kappa shape index (κ1) is 12.8. The number of nitrogens with two attached hydrogens (primary N) is 1. The molecule has 6 heteroatoms. The Hall–Kier alpha value is -1.69. The molecule has 2 rings (SSSR count). The molecule has 1 fully saturated rings. The van der Waals surface area contributed by atoms with Crippen LogP contribution in [0, 0.1) is 0 Å². The summed E-state index contributed by atoms with van der Waals surface area (Å²) in [6, 6.07) is 7.15. The first-order valence-electron chi connectivity index (χ1n) is 5.73. The Balaban J connectivity index is 1.74. The van der Waals surface area contributed by atoms with Crippen LogP contribution in [0.3, 0.4) is 0 Å². The fourth-order valence-corrected chi connectivity index (χ4v) is 2.14. The third kappa shape index (κ3) is 3.96. The van der Waals surface area contributed by atoms with Gasteiger partial charge in [-0.1, -0.05) is 12.1 Å². The smallest absolute Gasteiger partial charge is 0.321 e. The number of hydrogen-bond donors (Lipinski definition) is 3. The quantitative estimate of drug-likeness (QED) is 0.567. The lowest BCUT2D eigenvalue weighted by molar-refractivity contribution is -0.117. The van der Waals surface area contributed by atoms with Gasteiger partial charge in [0.2, 0.25) is 5.91 Å². The van der Waals surface area contributed by atoms with Gasteiger partial charge >= 0.3 is 6.03 Å². The van der Waals surface area contributed by atoms with Gasteiger partial charge in [0.05, 0.1) is 5.75 Å². The number of hydrogen-bond acceptors (Lipinski definition) is 4. The van der Waals surface area contributed by atoms with Gasteiger partial charge in [0.25, 0.3) is 0 Å². The minimum absolute atomic E-state index is 0.173. The molecule has 0 heterocycles. The second kappa shape index (κ2) is 5.77. The molecular weight excluding hydrogens is 250 g/mol. The Kier molecular flexibility index (Phi) is 4.09. The van der Waals surface area contributed by atoms with Crippen molar-refractivity contribution in [1.29, 1.82) is 0 Å². The van der Waals surface area contributed by atoms with E-state index >= 15 is 0 Å². The molecular formula is C12H15N3O2S. The van der Waals surface area contributed by atoms with Crippen molar-refractivity contribution in [3.63, 3.8) is 0 Å². The monoisotopic (exact) mass is 265 g/mol. The summed E-state index contributed by atoms with van der Waals surface area (Å²) in [7, 11) is 0. The van der Waals surface area contributed by atoms with Crippen LogP contribution in [0.5, 0.6) is 0 Å². The van der Waals surface area contributed by atoms with Crippen LogP contribution in [0.15, 0.2) is 29.2 Å². The minimum Gasteiger partial charge on any atom is -0.398 e. The van der Waals surface area contributed by atoms with E-state index in [0.29, 0.717) is 5.69 Å². The van der Waals surface area contributed by atoms with Crippen molar-refractivity contribution >= 4 is 29.4 Å². The number of imide groups is 1. The molecule has 0 atom stereocenters. The first-order valence-corrected chi connectivity index (χ1v) is 6.71. The van der Waals surface area contributed by atoms with Crippen LogP contribution >= 0.6 is 11.8 Å². The molecule has 1 aromatic rings. The maximum Gasteiger partial charge on any atom is 0.321 e. The summed E-state index contributed by atoms with van der Waals surface area (Å²) >= 11 is 1.31. The lowest BCUT2D eigenvalue weighted by Gasteiger charge is -2.06. The van der Waals surface area contributed by atoms with E-state index in [0.717, 1.165) is 17.7 Å². The van der Waals surface area contributed by atoms with E-state index in [1.54, 1.807) is 6.07 Å². The first-order chi connectivity index (χ1) is 8.65. The Labute approximate surface area is 110 Å². The van der Waals surface area contributed by atoms with E-state index in [1.165, 1.54) is 11.8 Å². The van der Waals surface area contributed by atoms with E-state index in [4.69, 9.17) is 5.73 Å². The zero-order chi connectivity index (χ0) is 13.0. The molecule has 0 radical (unpaired) electrons. The summed E-state index contributed by atoms with van der Waals surface area (Å²) in [5, 5.41) is 4.98. The standard InChI is InChI=1S/C12H15N3O2S/c13-9-3-1-2-4-10(9)18-7-11(16)15-12(17)14-8-5-6-8/h1-4,8H,5-7,13H2,(H2,14,15,16,17). The second-order valence-corrected chi connectivity index (χ2v) is 5.14. The molecule has 0 saturated heterocycles. The molecule has 0 spiro atoms. The zero-order valence-corrected chi connectivity index (χ0v) is 10.6. The molecule has 0 bridgehead atoms. The van der Waals surface area contributed by atoms with Gasteiger partial charge in [0.15, 0.2) is 0 Å². The Morgan fingerprint density at radius 3 is 2.72 bits per heavy atom. The largest absolute Gasteiger partial charge is 0.398 e. The Bertz CT molecular complexity index is 460. The van der Waals surface area contributed by atoms with Crippen LogP contribution < -0.4 is 16.4 Å². The van der Waals surface area contributed by atoms with Crippen molar-refractivity contribution in [3.8, 4) is 0 Å². The number of carbonyl (C=O) groups excluding carboxylic acids is 2. The molecule has 5 nitrogen and oxygen atoms in total. The van der Waals surface area contributed by atoms with Crippen LogP contribution in [-0.4, -0.2) is 23.7 Å². The summed E-state index contributed by atoms with van der Waals surface area (Å²) in [5.74, 6) is -0.145. The van der Waals surface area contributed by atoms with Gasteiger partial charge < -0.3 is 11.1 Å². The fraction of sp³-hybridized carbons (Fsp3) is 0.333. The second-order valence-electron chi connectivity index (χ2n) is 4.12. The molecule has 4 N–H and O–H groups in total. The third-order valence-corrected chi connectivity index (χ3v) is 3.53. The van der Waals surface area contributed by atoms with Crippen LogP contribution in [-0.2, 0) is 4.79 Å². The molecule has 0 aliphatic heterocycles. The number of thioether (sulfide) groups is 1. The zero-order valence-electron chi connectivity index (χ0n) is 9.81. The van der Waals surface area contributed by atoms with E-state index in [9.17, 15) is 9.59 Å². The molecule has 0 aromatic heterocycles. The number of para-hydroxylation sites is 1. The third-order valence-electron chi connectivity index (χ3n) is 2.44. The van der Waals surface area contributed by atoms with Crippen LogP contribution in [0.2, 0.25) is 0 Å². The van der Waals surface area contributed by atoms with E-state index in [2.05, 4.69) is 10.6 Å². The minimum atomic E-state index is -0.413. The number of urea groups is 1. The van der Waals surface area contributed by atoms with Gasteiger partial charge in [-0.2, -0.15) is 0 Å². The highest BCUT2D eigenvalue weighted by molar-refractivity contribution is 8.00. The van der Waals surface area contributed by atoms with Crippen molar-refractivity contribution in [2.24, 2.45) is 0 Å². The van der Waals surface area contributed by atoms with Crippen molar-refractivity contribution in [3.05, 3.63) is 24.3 Å². The average molecular weight is 265 g/mol. The summed E-state index contributed by atoms with van der Waals surface area (Å²) < 4.78 is 0. The fourth-order valence-electron chi connectivity index (χ4n) is 1.37. The molecule has 96 valence electrons. The highest BCUT2D eigenvalue weighted by Gasteiger charge is 2.23. The molecule has 1 aliphatic carbocycles. The maximum atomic E-state index is 11.5. The Morgan fingerprint density at radius 1 is 1.33 bits per heavy atom. The number of carbonyl (C=O) groups is 2.